The number of hydrogen-bond acceptors (Lipinski definition) is 3. The SMILES string of the molecule is CN1C(C)(C)CC(OC(=O)NCc2ccccc2)CC1(C)C. The Kier molecular flexibility index (Phi) is 4.81. The van der Waals surface area contributed by atoms with Crippen LogP contribution in [-0.2, 0) is 11.3 Å². The van der Waals surface area contributed by atoms with Crippen molar-refractivity contribution >= 4 is 6.09 Å². The number of alkyl carbamates (subject to hydrolysis) is 1. The van der Waals surface area contributed by atoms with Gasteiger partial charge in [-0.3, -0.25) is 4.90 Å². The highest BCUT2D eigenvalue weighted by Crippen LogP contribution is 2.38. The van der Waals surface area contributed by atoms with Gasteiger partial charge >= 0.3 is 6.09 Å². The van der Waals surface area contributed by atoms with Crippen LogP contribution in [0, 0.1) is 0 Å². The first-order chi connectivity index (χ1) is 10.2. The van der Waals surface area contributed by atoms with Gasteiger partial charge in [-0.25, -0.2) is 4.79 Å². The number of hydrogen-bond donors (Lipinski definition) is 1. The van der Waals surface area contributed by atoms with E-state index in [4.69, 9.17) is 4.74 Å². The zero-order valence-corrected chi connectivity index (χ0v) is 14.3. The van der Waals surface area contributed by atoms with Gasteiger partial charge in [0.2, 0.25) is 0 Å². The second kappa shape index (κ2) is 6.29. The predicted molar refractivity (Wildman–Crippen MR) is 88.7 cm³/mol. The highest BCUT2D eigenvalue weighted by molar-refractivity contribution is 5.67. The molecule has 1 heterocycles. The average molecular weight is 304 g/mol. The van der Waals surface area contributed by atoms with Crippen molar-refractivity contribution in [2.75, 3.05) is 7.05 Å². The van der Waals surface area contributed by atoms with Crippen LogP contribution in [0.25, 0.3) is 0 Å². The molecule has 4 nitrogen and oxygen atoms in total. The Morgan fingerprint density at radius 2 is 1.73 bits per heavy atom. The standard InChI is InChI=1S/C18H28N2O2/c1-17(2)11-15(12-18(3,4)20(17)5)22-16(21)19-13-14-9-7-6-8-10-14/h6-10,15H,11-13H2,1-5H3,(H,19,21). The van der Waals surface area contributed by atoms with Gasteiger partial charge in [-0.05, 0) is 40.3 Å². The number of piperidine rings is 1. The van der Waals surface area contributed by atoms with Crippen LogP contribution in [0.15, 0.2) is 30.3 Å². The molecule has 1 aliphatic rings. The van der Waals surface area contributed by atoms with E-state index < -0.39 is 0 Å². The topological polar surface area (TPSA) is 41.6 Å². The molecule has 1 saturated heterocycles. The van der Waals surface area contributed by atoms with Gasteiger partial charge in [-0.1, -0.05) is 30.3 Å². The van der Waals surface area contributed by atoms with Crippen molar-refractivity contribution in [3.63, 3.8) is 0 Å². The zero-order valence-electron chi connectivity index (χ0n) is 14.3. The lowest BCUT2D eigenvalue weighted by Crippen LogP contribution is -2.60. The van der Waals surface area contributed by atoms with Crippen molar-refractivity contribution < 1.29 is 9.53 Å². The van der Waals surface area contributed by atoms with Crippen LogP contribution in [-0.4, -0.2) is 35.2 Å². The first-order valence-corrected chi connectivity index (χ1v) is 7.93. The van der Waals surface area contributed by atoms with E-state index in [1.165, 1.54) is 0 Å². The molecule has 0 saturated carbocycles. The van der Waals surface area contributed by atoms with Crippen LogP contribution in [0.2, 0.25) is 0 Å². The summed E-state index contributed by atoms with van der Waals surface area (Å²) in [7, 11) is 2.14. The number of rotatable bonds is 3. The Hall–Kier alpha value is -1.55. The lowest BCUT2D eigenvalue weighted by Gasteiger charge is -2.53. The van der Waals surface area contributed by atoms with E-state index in [1.54, 1.807) is 0 Å². The summed E-state index contributed by atoms with van der Waals surface area (Å²) in [6.45, 7) is 9.30. The maximum atomic E-state index is 12.0. The first kappa shape index (κ1) is 16.8. The normalized spacial score (nSPS) is 21.3. The molecule has 1 amide bonds. The van der Waals surface area contributed by atoms with E-state index in [0.29, 0.717) is 6.54 Å². The maximum absolute atomic E-state index is 12.0. The third-order valence-electron chi connectivity index (χ3n) is 4.82. The van der Waals surface area contributed by atoms with Gasteiger partial charge in [0.15, 0.2) is 0 Å². The number of carbonyl (C=O) groups is 1. The number of carbonyl (C=O) groups excluding carboxylic acids is 1. The summed E-state index contributed by atoms with van der Waals surface area (Å²) < 4.78 is 5.66. The Balaban J connectivity index is 1.89. The van der Waals surface area contributed by atoms with Crippen molar-refractivity contribution in [1.82, 2.24) is 10.2 Å². The van der Waals surface area contributed by atoms with Crippen LogP contribution in [0.5, 0.6) is 0 Å². The Morgan fingerprint density at radius 1 is 1.18 bits per heavy atom. The third kappa shape index (κ3) is 4.01. The van der Waals surface area contributed by atoms with Gasteiger partial charge in [0.05, 0.1) is 0 Å². The van der Waals surface area contributed by atoms with Gasteiger partial charge in [0, 0.05) is 30.5 Å². The molecule has 1 N–H and O–H groups in total. The van der Waals surface area contributed by atoms with E-state index in [0.717, 1.165) is 18.4 Å². The molecule has 0 aliphatic carbocycles. The van der Waals surface area contributed by atoms with Gasteiger partial charge < -0.3 is 10.1 Å². The molecule has 0 spiro atoms. The fourth-order valence-electron chi connectivity index (χ4n) is 3.33. The maximum Gasteiger partial charge on any atom is 0.407 e. The lowest BCUT2D eigenvalue weighted by atomic mass is 9.79. The van der Waals surface area contributed by atoms with Gasteiger partial charge in [0.1, 0.15) is 6.10 Å². The molecular formula is C18H28N2O2. The van der Waals surface area contributed by atoms with Crippen molar-refractivity contribution in [2.24, 2.45) is 0 Å². The highest BCUT2D eigenvalue weighted by Gasteiger charge is 2.44. The van der Waals surface area contributed by atoms with E-state index in [1.807, 2.05) is 30.3 Å². The molecule has 122 valence electrons. The number of benzene rings is 1. The van der Waals surface area contributed by atoms with Gasteiger partial charge in [0.25, 0.3) is 0 Å². The first-order valence-electron chi connectivity index (χ1n) is 7.93. The second-order valence-electron chi connectivity index (χ2n) is 7.46. The summed E-state index contributed by atoms with van der Waals surface area (Å²) in [5.41, 5.74) is 1.11. The zero-order chi connectivity index (χ0) is 16.4. The quantitative estimate of drug-likeness (QED) is 0.928. The third-order valence-corrected chi connectivity index (χ3v) is 4.82. The van der Waals surface area contributed by atoms with Crippen LogP contribution in [0.4, 0.5) is 4.79 Å². The molecule has 22 heavy (non-hydrogen) atoms. The summed E-state index contributed by atoms with van der Waals surface area (Å²) in [5.74, 6) is 0. The number of nitrogens with one attached hydrogen (secondary N) is 1. The molecule has 0 aromatic heterocycles. The van der Waals surface area contributed by atoms with Crippen LogP contribution in [0.1, 0.15) is 46.1 Å². The lowest BCUT2D eigenvalue weighted by molar-refractivity contribution is -0.0681. The largest absolute Gasteiger partial charge is 0.446 e. The molecule has 0 unspecified atom stereocenters. The second-order valence-corrected chi connectivity index (χ2v) is 7.46. The molecule has 1 aliphatic heterocycles. The van der Waals surface area contributed by atoms with Crippen LogP contribution >= 0.6 is 0 Å². The predicted octanol–water partition coefficient (Wildman–Crippen LogP) is 3.56. The number of nitrogens with zero attached hydrogens (tertiary/aromatic N) is 1. The molecule has 0 radical (unpaired) electrons. The summed E-state index contributed by atoms with van der Waals surface area (Å²) >= 11 is 0. The highest BCUT2D eigenvalue weighted by atomic mass is 16.6. The molecule has 1 fully saturated rings. The molecule has 1 aromatic carbocycles. The fraction of sp³-hybridized carbons (Fsp3) is 0.611. The van der Waals surface area contributed by atoms with E-state index in [9.17, 15) is 4.79 Å². The van der Waals surface area contributed by atoms with Crippen LogP contribution < -0.4 is 5.32 Å². The Morgan fingerprint density at radius 3 is 2.27 bits per heavy atom. The van der Waals surface area contributed by atoms with E-state index in [2.05, 4.69) is 45.0 Å². The van der Waals surface area contributed by atoms with Crippen molar-refractivity contribution in [3.8, 4) is 0 Å². The van der Waals surface area contributed by atoms with Crippen LogP contribution in [0.3, 0.4) is 0 Å². The smallest absolute Gasteiger partial charge is 0.407 e. The summed E-state index contributed by atoms with van der Waals surface area (Å²) in [4.78, 5) is 14.4. The summed E-state index contributed by atoms with van der Waals surface area (Å²) in [6, 6.07) is 9.86. The number of likely N-dealkylation sites (tertiary alicyclic amines) is 1. The van der Waals surface area contributed by atoms with Crippen molar-refractivity contribution in [2.45, 2.75) is 64.3 Å². The van der Waals surface area contributed by atoms with E-state index >= 15 is 0 Å². The Labute approximate surface area is 133 Å². The summed E-state index contributed by atoms with van der Waals surface area (Å²) in [6.07, 6.45) is 1.33. The van der Waals surface area contributed by atoms with E-state index in [-0.39, 0.29) is 23.3 Å². The van der Waals surface area contributed by atoms with Gasteiger partial charge in [-0.15, -0.1) is 0 Å². The van der Waals surface area contributed by atoms with Gasteiger partial charge in [-0.2, -0.15) is 0 Å². The molecule has 1 aromatic rings. The molecule has 4 heteroatoms. The minimum absolute atomic E-state index is 0.0200. The molecular weight excluding hydrogens is 276 g/mol. The van der Waals surface area contributed by atoms with Crippen molar-refractivity contribution in [1.29, 1.82) is 0 Å². The average Bonchev–Trinajstić information content (AvgIpc) is 2.43. The minimum atomic E-state index is -0.329. The van der Waals surface area contributed by atoms with Crippen molar-refractivity contribution in [3.05, 3.63) is 35.9 Å². The number of amides is 1. The molecule has 0 bridgehead atoms. The summed E-state index contributed by atoms with van der Waals surface area (Å²) in [5, 5.41) is 2.84. The fourth-order valence-corrected chi connectivity index (χ4v) is 3.33. The molecule has 0 atom stereocenters. The molecule has 2 rings (SSSR count). The number of ether oxygens (including phenoxy) is 1. The Bertz CT molecular complexity index is 493. The monoisotopic (exact) mass is 304 g/mol. The minimum Gasteiger partial charge on any atom is -0.446 e.